The van der Waals surface area contributed by atoms with E-state index >= 15 is 0 Å². The third kappa shape index (κ3) is 2.30. The number of rotatable bonds is 2. The SMILES string of the molecule is Cc1c([C@@H]2CC(=O)Nc3c2c(=O)[nH]n3C2CCCCC2)cnn1C. The van der Waals surface area contributed by atoms with Gasteiger partial charge in [-0.15, -0.1) is 0 Å². The second-order valence-corrected chi connectivity index (χ2v) is 6.98. The van der Waals surface area contributed by atoms with Gasteiger partial charge in [0.2, 0.25) is 5.91 Å². The van der Waals surface area contributed by atoms with Gasteiger partial charge in [0.25, 0.3) is 5.56 Å². The Morgan fingerprint density at radius 3 is 2.62 bits per heavy atom. The zero-order valence-electron chi connectivity index (χ0n) is 14.1. The molecule has 3 heterocycles. The molecule has 1 aliphatic heterocycles. The molecule has 1 saturated carbocycles. The summed E-state index contributed by atoms with van der Waals surface area (Å²) in [6, 6.07) is 0.268. The molecule has 2 aromatic heterocycles. The molecule has 2 aliphatic rings. The Morgan fingerprint density at radius 2 is 1.96 bits per heavy atom. The first-order chi connectivity index (χ1) is 11.6. The first-order valence-electron chi connectivity index (χ1n) is 8.69. The van der Waals surface area contributed by atoms with Crippen molar-refractivity contribution in [2.24, 2.45) is 7.05 Å². The number of aromatic nitrogens is 4. The van der Waals surface area contributed by atoms with E-state index in [0.29, 0.717) is 11.4 Å². The second-order valence-electron chi connectivity index (χ2n) is 6.98. The molecule has 0 bridgehead atoms. The highest BCUT2D eigenvalue weighted by atomic mass is 16.2. The lowest BCUT2D eigenvalue weighted by molar-refractivity contribution is -0.116. The van der Waals surface area contributed by atoms with Crippen LogP contribution in [0.3, 0.4) is 0 Å². The van der Waals surface area contributed by atoms with E-state index in [2.05, 4.69) is 15.5 Å². The van der Waals surface area contributed by atoms with Gasteiger partial charge < -0.3 is 5.32 Å². The van der Waals surface area contributed by atoms with Gasteiger partial charge in [-0.3, -0.25) is 24.1 Å². The number of carbonyl (C=O) groups is 1. The third-order valence-corrected chi connectivity index (χ3v) is 5.55. The quantitative estimate of drug-likeness (QED) is 0.886. The topological polar surface area (TPSA) is 84.7 Å². The van der Waals surface area contributed by atoms with Gasteiger partial charge in [-0.25, -0.2) is 0 Å². The van der Waals surface area contributed by atoms with Crippen molar-refractivity contribution >= 4 is 11.7 Å². The summed E-state index contributed by atoms with van der Waals surface area (Å²) in [4.78, 5) is 25.0. The molecule has 0 spiro atoms. The van der Waals surface area contributed by atoms with E-state index in [4.69, 9.17) is 0 Å². The maximum Gasteiger partial charge on any atom is 0.270 e. The summed E-state index contributed by atoms with van der Waals surface area (Å²) in [6.07, 6.45) is 7.73. The number of aryl methyl sites for hydroxylation is 1. The standard InChI is InChI=1S/C17H23N5O2/c1-10-13(9-18-21(10)2)12-8-14(23)19-16-15(12)17(24)20-22(16)11-6-4-3-5-7-11/h9,11-12H,3-8H2,1-2H3,(H,19,23)(H,20,24)/t12-/m0/s1. The molecular formula is C17H23N5O2. The number of carbonyl (C=O) groups excluding carboxylic acids is 1. The van der Waals surface area contributed by atoms with Crippen LogP contribution in [0.5, 0.6) is 0 Å². The van der Waals surface area contributed by atoms with Gasteiger partial charge in [0.15, 0.2) is 0 Å². The van der Waals surface area contributed by atoms with Crippen LogP contribution in [-0.4, -0.2) is 25.5 Å². The molecule has 0 saturated heterocycles. The van der Waals surface area contributed by atoms with Crippen molar-refractivity contribution in [2.45, 2.75) is 57.4 Å². The zero-order chi connectivity index (χ0) is 16.8. The maximum absolute atomic E-state index is 12.7. The van der Waals surface area contributed by atoms with Crippen molar-refractivity contribution in [3.8, 4) is 0 Å². The smallest absolute Gasteiger partial charge is 0.270 e. The van der Waals surface area contributed by atoms with E-state index < -0.39 is 0 Å². The lowest BCUT2D eigenvalue weighted by Gasteiger charge is -2.28. The Hall–Kier alpha value is -2.31. The van der Waals surface area contributed by atoms with Crippen molar-refractivity contribution in [1.82, 2.24) is 19.6 Å². The van der Waals surface area contributed by atoms with Crippen molar-refractivity contribution in [1.29, 1.82) is 0 Å². The first kappa shape index (κ1) is 15.2. The normalized spacial score (nSPS) is 21.6. The first-order valence-corrected chi connectivity index (χ1v) is 8.69. The molecule has 0 radical (unpaired) electrons. The Kier molecular flexibility index (Phi) is 3.58. The van der Waals surface area contributed by atoms with Crippen molar-refractivity contribution in [3.63, 3.8) is 0 Å². The Bertz CT molecular complexity index is 838. The Morgan fingerprint density at radius 1 is 1.21 bits per heavy atom. The molecule has 128 valence electrons. The summed E-state index contributed by atoms with van der Waals surface area (Å²) in [5.41, 5.74) is 2.53. The number of H-pyrrole nitrogens is 1. The van der Waals surface area contributed by atoms with Crippen LogP contribution in [0, 0.1) is 6.92 Å². The molecule has 2 aromatic rings. The highest BCUT2D eigenvalue weighted by Crippen LogP contribution is 2.39. The molecule has 7 nitrogen and oxygen atoms in total. The molecule has 1 amide bonds. The van der Waals surface area contributed by atoms with E-state index in [0.717, 1.165) is 24.1 Å². The number of hydrogen-bond acceptors (Lipinski definition) is 3. The predicted octanol–water partition coefficient (Wildman–Crippen LogP) is 2.20. The van der Waals surface area contributed by atoms with Crippen LogP contribution < -0.4 is 10.9 Å². The average Bonchev–Trinajstić information content (AvgIpc) is 3.08. The van der Waals surface area contributed by atoms with Crippen LogP contribution in [0.1, 0.15) is 67.3 Å². The Labute approximate surface area is 140 Å². The fourth-order valence-corrected chi connectivity index (χ4v) is 4.12. The van der Waals surface area contributed by atoms with E-state index in [1.165, 1.54) is 19.3 Å². The largest absolute Gasteiger partial charge is 0.311 e. The molecule has 1 aliphatic carbocycles. The van der Waals surface area contributed by atoms with E-state index in [1.807, 2.05) is 18.7 Å². The minimum Gasteiger partial charge on any atom is -0.311 e. The maximum atomic E-state index is 12.7. The number of anilines is 1. The van der Waals surface area contributed by atoms with Crippen LogP contribution in [0.15, 0.2) is 11.0 Å². The highest BCUT2D eigenvalue weighted by molar-refractivity contribution is 5.94. The number of nitrogens with zero attached hydrogens (tertiary/aromatic N) is 3. The van der Waals surface area contributed by atoms with E-state index in [-0.39, 0.29) is 29.8 Å². The summed E-state index contributed by atoms with van der Waals surface area (Å²) >= 11 is 0. The third-order valence-electron chi connectivity index (χ3n) is 5.55. The number of aromatic amines is 1. The van der Waals surface area contributed by atoms with Gasteiger partial charge in [0.1, 0.15) is 5.82 Å². The molecule has 7 heteroatoms. The number of nitrogens with one attached hydrogen (secondary N) is 2. The van der Waals surface area contributed by atoms with Gasteiger partial charge in [0, 0.05) is 30.6 Å². The molecule has 2 N–H and O–H groups in total. The second kappa shape index (κ2) is 5.65. The summed E-state index contributed by atoms with van der Waals surface area (Å²) in [7, 11) is 1.88. The fourth-order valence-electron chi connectivity index (χ4n) is 4.12. The highest BCUT2D eigenvalue weighted by Gasteiger charge is 2.35. The van der Waals surface area contributed by atoms with Crippen molar-refractivity contribution < 1.29 is 4.79 Å². The predicted molar refractivity (Wildman–Crippen MR) is 90.2 cm³/mol. The van der Waals surface area contributed by atoms with E-state index in [1.54, 1.807) is 10.9 Å². The molecule has 24 heavy (non-hydrogen) atoms. The summed E-state index contributed by atoms with van der Waals surface area (Å²) in [5.74, 6) is 0.395. The molecule has 1 atom stereocenters. The van der Waals surface area contributed by atoms with Crippen LogP contribution in [-0.2, 0) is 11.8 Å². The van der Waals surface area contributed by atoms with Crippen LogP contribution >= 0.6 is 0 Å². The summed E-state index contributed by atoms with van der Waals surface area (Å²) in [5, 5.41) is 10.2. The minimum absolute atomic E-state index is 0.0423. The van der Waals surface area contributed by atoms with Gasteiger partial charge in [-0.2, -0.15) is 5.10 Å². The monoisotopic (exact) mass is 329 g/mol. The van der Waals surface area contributed by atoms with Crippen molar-refractivity contribution in [3.05, 3.63) is 33.4 Å². The lowest BCUT2D eigenvalue weighted by atomic mass is 9.87. The van der Waals surface area contributed by atoms with Crippen LogP contribution in [0.2, 0.25) is 0 Å². The number of amides is 1. The minimum atomic E-state index is -0.226. The van der Waals surface area contributed by atoms with Gasteiger partial charge in [0.05, 0.1) is 17.8 Å². The van der Waals surface area contributed by atoms with Gasteiger partial charge in [-0.1, -0.05) is 19.3 Å². The fraction of sp³-hybridized carbons (Fsp3) is 0.588. The molecule has 4 rings (SSSR count). The number of hydrogen-bond donors (Lipinski definition) is 2. The molecule has 0 aromatic carbocycles. The zero-order valence-corrected chi connectivity index (χ0v) is 14.1. The summed E-state index contributed by atoms with van der Waals surface area (Å²) in [6.45, 7) is 1.97. The molecule has 0 unspecified atom stereocenters. The molecule has 1 fully saturated rings. The van der Waals surface area contributed by atoms with Crippen LogP contribution in [0.25, 0.3) is 0 Å². The van der Waals surface area contributed by atoms with Gasteiger partial charge >= 0.3 is 0 Å². The van der Waals surface area contributed by atoms with Gasteiger partial charge in [-0.05, 0) is 19.8 Å². The van der Waals surface area contributed by atoms with E-state index in [9.17, 15) is 9.59 Å². The summed E-state index contributed by atoms with van der Waals surface area (Å²) < 4.78 is 3.69. The molecular weight excluding hydrogens is 306 g/mol. The lowest BCUT2D eigenvalue weighted by Crippen LogP contribution is -2.28. The van der Waals surface area contributed by atoms with Crippen LogP contribution in [0.4, 0.5) is 5.82 Å². The van der Waals surface area contributed by atoms with Crippen molar-refractivity contribution in [2.75, 3.05) is 5.32 Å². The Balaban J connectivity index is 1.82. The number of fused-ring (bicyclic) bond motifs is 1. The average molecular weight is 329 g/mol.